The fraction of sp³-hybridized carbons (Fsp3) is 0.298. The number of rotatable bonds is 20. The van der Waals surface area contributed by atoms with Crippen molar-refractivity contribution in [2.45, 2.75) is 68.3 Å². The highest BCUT2D eigenvalue weighted by Gasteiger charge is 2.39. The number of aliphatic hydroxyl groups excluding tert-OH is 1. The van der Waals surface area contributed by atoms with E-state index in [1.807, 2.05) is 6.07 Å². The molecule has 0 aliphatic heterocycles. The first kappa shape index (κ1) is 50.3. The van der Waals surface area contributed by atoms with Crippen molar-refractivity contribution in [1.82, 2.24) is 39.1 Å². The molecule has 0 saturated carbocycles. The third-order valence-corrected chi connectivity index (χ3v) is 15.7. The van der Waals surface area contributed by atoms with E-state index < -0.39 is 60.7 Å². The topological polar surface area (TPSA) is 255 Å². The number of ether oxygens (including phenoxy) is 3. The minimum Gasteiger partial charge on any atom is -0.497 e. The molecule has 1 amide bonds. The predicted molar refractivity (Wildman–Crippen MR) is 260 cm³/mol. The molecule has 5 aromatic carbocycles. The number of sulfonamides is 2. The SMILES string of the molecule is COc1ccc(CN(Cc2ccc(OC)cc2)S(=O)(=O)c2c(S(=O)(=O)N[C@@H](CO)CN(C(=O)O)C(C)(C)C)ccc(-c3cccc4sc(CN)nc34)c2-c2nnn(Cc3ccc(OC)cc3)n2)cc1. The predicted octanol–water partition coefficient (Wildman–Crippen LogP) is 5.96. The van der Waals surface area contributed by atoms with E-state index in [2.05, 4.69) is 15.0 Å². The number of carbonyl (C=O) groups is 1. The molecule has 0 bridgehead atoms. The van der Waals surface area contributed by atoms with Crippen LogP contribution in [0.4, 0.5) is 4.79 Å². The van der Waals surface area contributed by atoms with Crippen LogP contribution >= 0.6 is 11.3 Å². The highest BCUT2D eigenvalue weighted by molar-refractivity contribution is 7.92. The second-order valence-electron chi connectivity index (χ2n) is 16.8. The highest BCUT2D eigenvalue weighted by atomic mass is 32.2. The standard InChI is InChI=1S/C47H53N9O10S3/c1-47(2,3)55(46(58)59)28-33(29-57)52-68(60,61)40-23-22-37(38-8-7-9-39-43(38)49-41(24-48)67-39)42(45-50-53-56(51-45)27-32-14-20-36(66-6)21-15-32)44(40)69(62,63)54(25-30-10-16-34(64-4)17-11-30)26-31-12-18-35(65-5)19-13-31/h7-23,33,52,57H,24-29,48H2,1-6H3,(H,58,59)/t33-/m1/s1. The van der Waals surface area contributed by atoms with Crippen LogP contribution in [0.15, 0.2) is 113 Å². The first-order valence-electron chi connectivity index (χ1n) is 21.5. The quantitative estimate of drug-likeness (QED) is 0.0688. The maximum absolute atomic E-state index is 16.2. The van der Waals surface area contributed by atoms with Gasteiger partial charge in [-0.3, -0.25) is 0 Å². The average molecular weight is 1000 g/mol. The average Bonchev–Trinajstić information content (AvgIpc) is 3.99. The lowest BCUT2D eigenvalue weighted by atomic mass is 9.98. The first-order valence-corrected chi connectivity index (χ1v) is 25.2. The summed E-state index contributed by atoms with van der Waals surface area (Å²) in [7, 11) is -5.50. The highest BCUT2D eigenvalue weighted by Crippen LogP contribution is 2.44. The first-order chi connectivity index (χ1) is 32.9. The molecule has 364 valence electrons. The normalized spacial score (nSPS) is 12.6. The van der Waals surface area contributed by atoms with Gasteiger partial charge in [-0.2, -0.15) is 9.10 Å². The number of nitrogens with two attached hydrogens (primary N) is 1. The zero-order chi connectivity index (χ0) is 49.7. The number of aliphatic hydroxyl groups is 1. The number of methoxy groups -OCH3 is 3. The molecule has 0 aliphatic rings. The number of hydrogen-bond acceptors (Lipinski definition) is 15. The molecule has 22 heteroatoms. The number of tetrazole rings is 1. The van der Waals surface area contributed by atoms with Gasteiger partial charge in [0.05, 0.1) is 56.3 Å². The van der Waals surface area contributed by atoms with Gasteiger partial charge in [0.25, 0.3) is 0 Å². The second kappa shape index (κ2) is 21.0. The van der Waals surface area contributed by atoms with Crippen LogP contribution in [0.1, 0.15) is 42.5 Å². The van der Waals surface area contributed by atoms with Gasteiger partial charge in [0.2, 0.25) is 25.9 Å². The van der Waals surface area contributed by atoms with Gasteiger partial charge in [0.15, 0.2) is 0 Å². The van der Waals surface area contributed by atoms with E-state index in [1.54, 1.807) is 113 Å². The van der Waals surface area contributed by atoms with Gasteiger partial charge in [0.1, 0.15) is 32.0 Å². The summed E-state index contributed by atoms with van der Waals surface area (Å²) in [5, 5.41) is 34.8. The molecule has 69 heavy (non-hydrogen) atoms. The van der Waals surface area contributed by atoms with Crippen molar-refractivity contribution in [3.8, 4) is 39.8 Å². The number of nitrogens with one attached hydrogen (secondary N) is 1. The van der Waals surface area contributed by atoms with E-state index in [4.69, 9.17) is 30.0 Å². The smallest absolute Gasteiger partial charge is 0.407 e. The van der Waals surface area contributed by atoms with Crippen LogP contribution in [0.25, 0.3) is 32.7 Å². The van der Waals surface area contributed by atoms with Crippen molar-refractivity contribution in [3.05, 3.63) is 125 Å². The molecular weight excluding hydrogens is 947 g/mol. The number of amides is 1. The Morgan fingerprint density at radius 3 is 1.88 bits per heavy atom. The second-order valence-corrected chi connectivity index (χ2v) is 21.5. The molecule has 2 aromatic heterocycles. The van der Waals surface area contributed by atoms with Crippen LogP contribution in [-0.2, 0) is 46.2 Å². The number of carboxylic acid groups (broad SMARTS) is 1. The molecule has 0 spiro atoms. The molecular formula is C47H53N9O10S3. The molecule has 0 aliphatic carbocycles. The Kier molecular flexibility index (Phi) is 15.3. The van der Waals surface area contributed by atoms with Crippen LogP contribution in [-0.4, -0.2) is 114 Å². The molecule has 0 fully saturated rings. The lowest BCUT2D eigenvalue weighted by Crippen LogP contribution is -2.53. The Balaban J connectivity index is 1.52. The molecule has 7 aromatic rings. The molecule has 0 saturated heterocycles. The van der Waals surface area contributed by atoms with E-state index in [-0.39, 0.29) is 43.1 Å². The number of aromatic nitrogens is 5. The third-order valence-electron chi connectivity index (χ3n) is 11.1. The van der Waals surface area contributed by atoms with Crippen molar-refractivity contribution in [2.75, 3.05) is 34.5 Å². The Hall–Kier alpha value is -6.53. The van der Waals surface area contributed by atoms with Crippen molar-refractivity contribution in [1.29, 1.82) is 0 Å². The van der Waals surface area contributed by atoms with Gasteiger partial charge in [-0.15, -0.1) is 21.5 Å². The molecule has 1 atom stereocenters. The van der Waals surface area contributed by atoms with Crippen molar-refractivity contribution in [2.24, 2.45) is 5.73 Å². The number of fused-ring (bicyclic) bond motifs is 1. The van der Waals surface area contributed by atoms with Crippen LogP contribution in [0.5, 0.6) is 17.2 Å². The maximum atomic E-state index is 16.2. The summed E-state index contributed by atoms with van der Waals surface area (Å²) in [6.07, 6.45) is -1.36. The van der Waals surface area contributed by atoms with E-state index >= 15 is 16.8 Å². The van der Waals surface area contributed by atoms with Crippen molar-refractivity contribution >= 4 is 47.7 Å². The van der Waals surface area contributed by atoms with E-state index in [9.17, 15) is 15.0 Å². The van der Waals surface area contributed by atoms with Crippen LogP contribution in [0, 0.1) is 0 Å². The zero-order valence-electron chi connectivity index (χ0n) is 38.7. The van der Waals surface area contributed by atoms with Gasteiger partial charge in [-0.25, -0.2) is 31.3 Å². The number of hydrogen-bond donors (Lipinski definition) is 4. The third kappa shape index (κ3) is 11.3. The Bertz CT molecular complexity index is 3090. The van der Waals surface area contributed by atoms with Crippen LogP contribution in [0.2, 0.25) is 0 Å². The molecule has 2 heterocycles. The number of nitrogens with zero attached hydrogens (tertiary/aromatic N) is 7. The van der Waals surface area contributed by atoms with Gasteiger partial charge >= 0.3 is 6.09 Å². The van der Waals surface area contributed by atoms with Crippen LogP contribution < -0.4 is 24.7 Å². The molecule has 19 nitrogen and oxygen atoms in total. The summed E-state index contributed by atoms with van der Waals surface area (Å²) in [4.78, 5) is 18.0. The molecule has 0 unspecified atom stereocenters. The number of para-hydroxylation sites is 1. The summed E-state index contributed by atoms with van der Waals surface area (Å²) < 4.78 is 83.0. The summed E-state index contributed by atoms with van der Waals surface area (Å²) in [5.41, 5.74) is 7.74. The van der Waals surface area contributed by atoms with E-state index in [0.717, 1.165) is 25.5 Å². The Labute approximate surface area is 404 Å². The number of benzene rings is 5. The zero-order valence-corrected chi connectivity index (χ0v) is 41.2. The van der Waals surface area contributed by atoms with Gasteiger partial charge < -0.3 is 35.1 Å². The molecule has 5 N–H and O–H groups in total. The maximum Gasteiger partial charge on any atom is 0.407 e. The Morgan fingerprint density at radius 1 is 0.812 bits per heavy atom. The largest absolute Gasteiger partial charge is 0.497 e. The molecule has 0 radical (unpaired) electrons. The fourth-order valence-corrected chi connectivity index (χ4v) is 12.1. The summed E-state index contributed by atoms with van der Waals surface area (Å²) in [6, 6.07) is 27.2. The number of thiazole rings is 1. The van der Waals surface area contributed by atoms with E-state index in [1.165, 1.54) is 36.4 Å². The Morgan fingerprint density at radius 2 is 1.38 bits per heavy atom. The minimum absolute atomic E-state index is 0.0859. The van der Waals surface area contributed by atoms with Gasteiger partial charge in [-0.1, -0.05) is 54.6 Å². The molecule has 7 rings (SSSR count). The van der Waals surface area contributed by atoms with Crippen molar-refractivity contribution in [3.63, 3.8) is 0 Å². The van der Waals surface area contributed by atoms with Crippen molar-refractivity contribution < 1.29 is 46.1 Å². The van der Waals surface area contributed by atoms with Gasteiger partial charge in [-0.05, 0) is 96.8 Å². The lowest BCUT2D eigenvalue weighted by Gasteiger charge is -2.35. The lowest BCUT2D eigenvalue weighted by molar-refractivity contribution is 0.0878. The minimum atomic E-state index is -5.05. The summed E-state index contributed by atoms with van der Waals surface area (Å²) >= 11 is 1.35. The van der Waals surface area contributed by atoms with E-state index in [0.29, 0.717) is 44.5 Å². The summed E-state index contributed by atoms with van der Waals surface area (Å²) in [5.74, 6) is 1.44. The summed E-state index contributed by atoms with van der Waals surface area (Å²) in [6.45, 7) is 3.22. The van der Waals surface area contributed by atoms with Crippen LogP contribution in [0.3, 0.4) is 0 Å². The van der Waals surface area contributed by atoms with Gasteiger partial charge in [0, 0.05) is 37.3 Å². The monoisotopic (exact) mass is 999 g/mol. The fourth-order valence-electron chi connectivity index (χ4n) is 7.58.